The van der Waals surface area contributed by atoms with Gasteiger partial charge in [-0.2, -0.15) is 0 Å². The van der Waals surface area contributed by atoms with E-state index in [4.69, 9.17) is 0 Å². The lowest BCUT2D eigenvalue weighted by Crippen LogP contribution is -1.96. The van der Waals surface area contributed by atoms with Crippen molar-refractivity contribution in [3.63, 3.8) is 0 Å². The Morgan fingerprint density at radius 1 is 0.650 bits per heavy atom. The second kappa shape index (κ2) is 15.0. The average Bonchev–Trinajstić information content (AvgIpc) is 2.45. The maximum Gasteiger partial charge on any atom is 0.142 e. The van der Waals surface area contributed by atoms with Crippen molar-refractivity contribution < 1.29 is 14.4 Å². The van der Waals surface area contributed by atoms with Crippen molar-refractivity contribution in [2.75, 3.05) is 0 Å². The first kappa shape index (κ1) is 18.0. The number of hydrogen-bond donors (Lipinski definition) is 0. The molecule has 108 valence electrons. The van der Waals surface area contributed by atoms with Gasteiger partial charge in [0, 0.05) is 12.8 Å². The summed E-state index contributed by atoms with van der Waals surface area (Å²) in [5.41, 5.74) is 0. The lowest BCUT2D eigenvalue weighted by molar-refractivity contribution is -0.119. The third-order valence-corrected chi connectivity index (χ3v) is 2.53. The predicted molar refractivity (Wildman–Crippen MR) is 81.4 cm³/mol. The molecule has 0 N–H and O–H groups in total. The molecule has 0 aliphatic heterocycles. The summed E-state index contributed by atoms with van der Waals surface area (Å²) < 4.78 is 0. The number of carbonyl (C=O) groups excluding carboxylic acids is 3. The Hall–Kier alpha value is -2.03. The van der Waals surface area contributed by atoms with E-state index in [0.29, 0.717) is 18.6 Å². The number of Topliss-reactive ketones (excluding diaryl/α,β-unsaturated/α-hetero) is 1. The Bertz CT molecular complexity index is 351. The van der Waals surface area contributed by atoms with Crippen molar-refractivity contribution in [1.29, 1.82) is 0 Å². The van der Waals surface area contributed by atoms with Crippen LogP contribution in [0.5, 0.6) is 0 Å². The Morgan fingerprint density at radius 3 is 1.50 bits per heavy atom. The number of allylic oxidation sites excluding steroid dienone is 8. The fourth-order valence-corrected chi connectivity index (χ4v) is 1.53. The summed E-state index contributed by atoms with van der Waals surface area (Å²) in [7, 11) is 0. The zero-order valence-corrected chi connectivity index (χ0v) is 11.7. The van der Waals surface area contributed by atoms with E-state index >= 15 is 0 Å². The van der Waals surface area contributed by atoms with Crippen LogP contribution < -0.4 is 0 Å². The molecule has 0 fully saturated rings. The van der Waals surface area contributed by atoms with Crippen LogP contribution >= 0.6 is 0 Å². The molecular weight excluding hydrogens is 252 g/mol. The summed E-state index contributed by atoms with van der Waals surface area (Å²) in [6.45, 7) is 0. The normalized spacial score (nSPS) is 12.0. The molecule has 0 aliphatic rings. The minimum absolute atomic E-state index is 0.290. The van der Waals surface area contributed by atoms with Gasteiger partial charge in [0.25, 0.3) is 0 Å². The van der Waals surface area contributed by atoms with Gasteiger partial charge in [0.2, 0.25) is 0 Å². The van der Waals surface area contributed by atoms with E-state index in [1.54, 1.807) is 12.2 Å². The van der Waals surface area contributed by atoms with E-state index in [1.165, 1.54) is 12.2 Å². The van der Waals surface area contributed by atoms with Crippen LogP contribution in [0.25, 0.3) is 0 Å². The van der Waals surface area contributed by atoms with Crippen LogP contribution in [-0.2, 0) is 14.4 Å². The van der Waals surface area contributed by atoms with Crippen molar-refractivity contribution in [3.05, 3.63) is 48.6 Å². The van der Waals surface area contributed by atoms with Crippen LogP contribution in [0, 0.1) is 0 Å². The number of hydrogen-bond acceptors (Lipinski definition) is 3. The fraction of sp³-hybridized carbons (Fsp3) is 0.353. The van der Waals surface area contributed by atoms with Gasteiger partial charge in [0.15, 0.2) is 0 Å². The number of ketones is 1. The maximum atomic E-state index is 11.5. The first-order chi connectivity index (χ1) is 9.81. The van der Waals surface area contributed by atoms with Gasteiger partial charge in [-0.25, -0.2) is 0 Å². The smallest absolute Gasteiger partial charge is 0.142 e. The van der Waals surface area contributed by atoms with Crippen molar-refractivity contribution >= 4 is 18.4 Å². The zero-order valence-electron chi connectivity index (χ0n) is 11.7. The lowest BCUT2D eigenvalue weighted by atomic mass is 10.1. The summed E-state index contributed by atoms with van der Waals surface area (Å²) in [5, 5.41) is 0. The molecule has 20 heavy (non-hydrogen) atoms. The van der Waals surface area contributed by atoms with Gasteiger partial charge in [0.1, 0.15) is 18.4 Å². The van der Waals surface area contributed by atoms with Gasteiger partial charge < -0.3 is 0 Å². The van der Waals surface area contributed by atoms with Crippen LogP contribution in [0.3, 0.4) is 0 Å². The van der Waals surface area contributed by atoms with E-state index in [1.807, 2.05) is 24.3 Å². The summed E-state index contributed by atoms with van der Waals surface area (Å²) in [6, 6.07) is 0. The molecular formula is C17H22O3. The molecule has 0 aromatic rings. The molecule has 0 atom stereocenters. The van der Waals surface area contributed by atoms with Crippen LogP contribution in [0.1, 0.15) is 38.5 Å². The van der Waals surface area contributed by atoms with Gasteiger partial charge in [-0.15, -0.1) is 0 Å². The number of rotatable bonds is 12. The Labute approximate surface area is 120 Å². The molecule has 0 aliphatic carbocycles. The second-order valence-electron chi connectivity index (χ2n) is 4.22. The van der Waals surface area contributed by atoms with Crippen molar-refractivity contribution in [2.24, 2.45) is 0 Å². The predicted octanol–water partition coefficient (Wildman–Crippen LogP) is 3.52. The monoisotopic (exact) mass is 274 g/mol. The summed E-state index contributed by atoms with van der Waals surface area (Å²) in [6.07, 6.45) is 19.8. The molecule has 0 aromatic heterocycles. The molecule has 0 unspecified atom stereocenters. The molecule has 0 bridgehead atoms. The molecule has 0 rings (SSSR count). The Morgan fingerprint density at radius 2 is 1.10 bits per heavy atom. The number of aldehydes is 2. The van der Waals surface area contributed by atoms with Gasteiger partial charge in [-0.05, 0) is 37.8 Å². The summed E-state index contributed by atoms with van der Waals surface area (Å²) >= 11 is 0. The highest BCUT2D eigenvalue weighted by Crippen LogP contribution is 2.05. The van der Waals surface area contributed by atoms with Gasteiger partial charge >= 0.3 is 0 Å². The van der Waals surface area contributed by atoms with Crippen LogP contribution in [0.15, 0.2) is 48.6 Å². The van der Waals surface area contributed by atoms with Crippen LogP contribution in [-0.4, -0.2) is 18.4 Å². The minimum Gasteiger partial charge on any atom is -0.300 e. The third kappa shape index (κ3) is 14.0. The SMILES string of the molecule is O=CC=CC=CCCCC(=O)CCCC=CC=CC=O. The highest BCUT2D eigenvalue weighted by atomic mass is 16.1. The number of unbranched alkanes of at least 4 members (excludes halogenated alkanes) is 2. The Balaban J connectivity index is 3.50. The van der Waals surface area contributed by atoms with E-state index in [2.05, 4.69) is 0 Å². The van der Waals surface area contributed by atoms with Gasteiger partial charge in [-0.3, -0.25) is 14.4 Å². The van der Waals surface area contributed by atoms with Gasteiger partial charge in [0.05, 0.1) is 0 Å². The van der Waals surface area contributed by atoms with Gasteiger partial charge in [-0.1, -0.05) is 36.5 Å². The molecule has 0 saturated carbocycles. The molecule has 0 saturated heterocycles. The highest BCUT2D eigenvalue weighted by Gasteiger charge is 1.99. The Kier molecular flexibility index (Phi) is 13.5. The van der Waals surface area contributed by atoms with E-state index in [9.17, 15) is 14.4 Å². The minimum atomic E-state index is 0.290. The fourth-order valence-electron chi connectivity index (χ4n) is 1.53. The van der Waals surface area contributed by atoms with E-state index in [-0.39, 0.29) is 0 Å². The molecule has 3 nitrogen and oxygen atoms in total. The standard InChI is InChI=1S/C17H22O3/c18-15-11-7-3-1-5-9-13-17(20)14-10-6-2-4-8-12-16-19/h1-4,7-8,11-12,15-16H,5-6,9-10,13-14H2. The molecule has 0 aromatic carbocycles. The largest absolute Gasteiger partial charge is 0.300 e. The summed E-state index contributed by atoms with van der Waals surface area (Å²) in [5.74, 6) is 0.290. The van der Waals surface area contributed by atoms with Crippen molar-refractivity contribution in [2.45, 2.75) is 38.5 Å². The van der Waals surface area contributed by atoms with Crippen LogP contribution in [0.2, 0.25) is 0 Å². The quantitative estimate of drug-likeness (QED) is 0.237. The second-order valence-corrected chi connectivity index (χ2v) is 4.22. The lowest BCUT2D eigenvalue weighted by Gasteiger charge is -1.97. The summed E-state index contributed by atoms with van der Waals surface area (Å²) in [4.78, 5) is 31.5. The molecule has 0 heterocycles. The van der Waals surface area contributed by atoms with E-state index < -0.39 is 0 Å². The van der Waals surface area contributed by atoms with E-state index in [0.717, 1.165) is 38.3 Å². The third-order valence-electron chi connectivity index (χ3n) is 2.53. The first-order valence-corrected chi connectivity index (χ1v) is 6.87. The van der Waals surface area contributed by atoms with Crippen molar-refractivity contribution in [3.8, 4) is 0 Å². The number of carbonyl (C=O) groups is 3. The topological polar surface area (TPSA) is 51.2 Å². The molecule has 0 amide bonds. The first-order valence-electron chi connectivity index (χ1n) is 6.87. The molecule has 3 heteroatoms. The van der Waals surface area contributed by atoms with Crippen LogP contribution in [0.4, 0.5) is 0 Å². The molecule has 0 radical (unpaired) electrons. The average molecular weight is 274 g/mol. The maximum absolute atomic E-state index is 11.5. The highest BCUT2D eigenvalue weighted by molar-refractivity contribution is 5.78. The zero-order chi connectivity index (χ0) is 14.9. The molecule has 0 spiro atoms. The van der Waals surface area contributed by atoms with Crippen molar-refractivity contribution in [1.82, 2.24) is 0 Å².